The zero-order chi connectivity index (χ0) is 28.8. The van der Waals surface area contributed by atoms with E-state index in [1.165, 1.54) is 14.2 Å². The zero-order valence-corrected chi connectivity index (χ0v) is 23.4. The highest BCUT2D eigenvalue weighted by Gasteiger charge is 2.26. The Morgan fingerprint density at radius 2 is 1.62 bits per heavy atom. The average molecular weight is 566 g/mol. The first kappa shape index (κ1) is 28.7. The summed E-state index contributed by atoms with van der Waals surface area (Å²) in [5.41, 5.74) is 8.90. The van der Waals surface area contributed by atoms with E-state index in [1.807, 2.05) is 6.07 Å². The summed E-state index contributed by atoms with van der Waals surface area (Å²) in [5, 5.41) is 6.01. The first-order valence-electron chi connectivity index (χ1n) is 12.2. The van der Waals surface area contributed by atoms with Crippen molar-refractivity contribution in [2.45, 2.75) is 6.54 Å². The maximum Gasteiger partial charge on any atom is 0.268 e. The number of nitrogens with two attached hydrogens (primary N) is 1. The number of carbonyl (C=O) groups excluding carboxylic acids is 1. The fourth-order valence-corrected chi connectivity index (χ4v) is 4.61. The van der Waals surface area contributed by atoms with E-state index in [-0.39, 0.29) is 36.3 Å². The lowest BCUT2D eigenvalue weighted by Crippen LogP contribution is -2.27. The Balaban J connectivity index is 1.88. The molecule has 0 aliphatic heterocycles. The molecule has 210 valence electrons. The molecule has 0 spiro atoms. The molecule has 0 saturated carbocycles. The van der Waals surface area contributed by atoms with E-state index < -0.39 is 11.3 Å². The van der Waals surface area contributed by atoms with E-state index in [0.717, 1.165) is 4.31 Å². The Hall–Kier alpha value is -4.30. The minimum atomic E-state index is -2.61. The summed E-state index contributed by atoms with van der Waals surface area (Å²) in [6.45, 7) is 0.226. The van der Waals surface area contributed by atoms with Crippen molar-refractivity contribution in [3.8, 4) is 11.5 Å². The molecule has 1 aromatic heterocycles. The van der Waals surface area contributed by atoms with Crippen molar-refractivity contribution >= 4 is 56.9 Å². The van der Waals surface area contributed by atoms with Crippen LogP contribution in [0.2, 0.25) is 0 Å². The zero-order valence-electron chi connectivity index (χ0n) is 22.5. The minimum absolute atomic E-state index is 0.0613. The van der Waals surface area contributed by atoms with Gasteiger partial charge in [0.2, 0.25) is 5.91 Å². The monoisotopic (exact) mass is 565 g/mol. The molecule has 0 aliphatic rings. The molecule has 1 heterocycles. The molecule has 1 unspecified atom stereocenters. The van der Waals surface area contributed by atoms with E-state index in [1.54, 1.807) is 73.6 Å². The highest BCUT2D eigenvalue weighted by molar-refractivity contribution is 7.81. The Morgan fingerprint density at radius 1 is 0.975 bits per heavy atom. The maximum absolute atomic E-state index is 13.0. The molecule has 12 nitrogen and oxygen atoms in total. The minimum Gasteiger partial charge on any atom is -0.497 e. The largest absolute Gasteiger partial charge is 0.497 e. The lowest BCUT2D eigenvalue weighted by molar-refractivity contribution is -0.116. The van der Waals surface area contributed by atoms with Gasteiger partial charge in [0.15, 0.2) is 11.6 Å². The second-order valence-electron chi connectivity index (χ2n) is 8.97. The Kier molecular flexibility index (Phi) is 9.11. The number of amides is 1. The average Bonchev–Trinajstić information content (AvgIpc) is 2.92. The smallest absolute Gasteiger partial charge is 0.268 e. The summed E-state index contributed by atoms with van der Waals surface area (Å²) < 4.78 is 35.4. The standard InChI is InChI=1S/C27H31N7O5S/c1-33(2)16-25(35)29-18-10-9-17(15-28)24(13-18)34(40(36)37)27-26(31-22-7-5-6-8-23(22)32-27)30-19-11-20(38-3)14-21(12-19)39-4/h5-14H,15-16,28H2,1-4H3,(H,29,35)(H,30,31)(H,36,37). The van der Waals surface area contributed by atoms with Crippen LogP contribution in [0.25, 0.3) is 11.0 Å². The van der Waals surface area contributed by atoms with Crippen LogP contribution in [-0.4, -0.2) is 64.4 Å². The number of hydrogen-bond donors (Lipinski definition) is 4. The summed E-state index contributed by atoms with van der Waals surface area (Å²) >= 11 is -2.61. The number of nitrogens with zero attached hydrogens (tertiary/aromatic N) is 4. The van der Waals surface area contributed by atoms with E-state index in [0.29, 0.717) is 39.5 Å². The highest BCUT2D eigenvalue weighted by atomic mass is 32.2. The van der Waals surface area contributed by atoms with Crippen LogP contribution in [0, 0.1) is 0 Å². The second kappa shape index (κ2) is 12.7. The van der Waals surface area contributed by atoms with Crippen molar-refractivity contribution in [2.75, 3.05) is 49.8 Å². The summed E-state index contributed by atoms with van der Waals surface area (Å²) in [6, 6.07) is 17.3. The van der Waals surface area contributed by atoms with Crippen molar-refractivity contribution in [1.29, 1.82) is 0 Å². The molecule has 4 aromatic rings. The molecule has 1 amide bonds. The molecular weight excluding hydrogens is 534 g/mol. The first-order valence-corrected chi connectivity index (χ1v) is 13.2. The van der Waals surface area contributed by atoms with Gasteiger partial charge in [0.05, 0.1) is 37.5 Å². The van der Waals surface area contributed by atoms with Gasteiger partial charge in [-0.2, -0.15) is 0 Å². The number of carbonyl (C=O) groups is 1. The summed E-state index contributed by atoms with van der Waals surface area (Å²) in [4.78, 5) is 23.6. The third-order valence-corrected chi connectivity index (χ3v) is 6.46. The molecule has 1 atom stereocenters. The van der Waals surface area contributed by atoms with Gasteiger partial charge in [0.25, 0.3) is 11.3 Å². The van der Waals surface area contributed by atoms with E-state index >= 15 is 0 Å². The molecule has 40 heavy (non-hydrogen) atoms. The molecule has 13 heteroatoms. The second-order valence-corrected chi connectivity index (χ2v) is 9.80. The first-order chi connectivity index (χ1) is 19.2. The molecule has 3 aromatic carbocycles. The number of ether oxygens (including phenoxy) is 2. The van der Waals surface area contributed by atoms with Gasteiger partial charge in [0.1, 0.15) is 11.5 Å². The number of fused-ring (bicyclic) bond motifs is 1. The van der Waals surface area contributed by atoms with Crippen molar-refractivity contribution in [3.05, 3.63) is 66.2 Å². The quantitative estimate of drug-likeness (QED) is 0.198. The van der Waals surface area contributed by atoms with Crippen LogP contribution in [0.3, 0.4) is 0 Å². The molecule has 5 N–H and O–H groups in total. The fourth-order valence-electron chi connectivity index (χ4n) is 4.00. The Bertz CT molecular complexity index is 1530. The van der Waals surface area contributed by atoms with Gasteiger partial charge >= 0.3 is 0 Å². The van der Waals surface area contributed by atoms with Crippen molar-refractivity contribution in [2.24, 2.45) is 5.73 Å². The fraction of sp³-hybridized carbons (Fsp3) is 0.222. The van der Waals surface area contributed by atoms with Crippen LogP contribution in [-0.2, 0) is 22.6 Å². The number of rotatable bonds is 11. The Morgan fingerprint density at radius 3 is 2.20 bits per heavy atom. The predicted molar refractivity (Wildman–Crippen MR) is 157 cm³/mol. The number of aromatic nitrogens is 2. The van der Waals surface area contributed by atoms with Crippen molar-refractivity contribution in [3.63, 3.8) is 0 Å². The lowest BCUT2D eigenvalue weighted by atomic mass is 10.1. The number of hydrogen-bond acceptors (Lipinski definition) is 9. The molecule has 0 fully saturated rings. The topological polar surface area (TPSA) is 155 Å². The molecule has 0 radical (unpaired) electrons. The van der Waals surface area contributed by atoms with Crippen LogP contribution in [0.1, 0.15) is 5.56 Å². The van der Waals surface area contributed by atoms with Crippen LogP contribution in [0.5, 0.6) is 11.5 Å². The summed E-state index contributed by atoms with van der Waals surface area (Å²) in [5.74, 6) is 1.08. The SMILES string of the molecule is COc1cc(Nc2nc3ccccc3nc2N(c2cc(NC(=O)CN(C)C)ccc2CN)S(=O)O)cc(OC)c1. The van der Waals surface area contributed by atoms with Gasteiger partial charge in [-0.25, -0.2) is 18.5 Å². The van der Waals surface area contributed by atoms with Gasteiger partial charge in [0, 0.05) is 36.1 Å². The van der Waals surface area contributed by atoms with Crippen LogP contribution < -0.4 is 30.1 Å². The van der Waals surface area contributed by atoms with E-state index in [2.05, 4.69) is 10.6 Å². The number of methoxy groups -OCH3 is 2. The van der Waals surface area contributed by atoms with Gasteiger partial charge in [-0.15, -0.1) is 0 Å². The molecular formula is C27H31N7O5S. The Labute approximate surface area is 234 Å². The number of benzene rings is 3. The van der Waals surface area contributed by atoms with Gasteiger partial charge in [-0.1, -0.05) is 18.2 Å². The summed E-state index contributed by atoms with van der Waals surface area (Å²) in [6.07, 6.45) is 0. The molecule has 4 rings (SSSR count). The highest BCUT2D eigenvalue weighted by Crippen LogP contribution is 2.38. The van der Waals surface area contributed by atoms with Crippen LogP contribution in [0.15, 0.2) is 60.7 Å². The lowest BCUT2D eigenvalue weighted by Gasteiger charge is -2.25. The maximum atomic E-state index is 13.0. The van der Waals surface area contributed by atoms with Gasteiger partial charge < -0.3 is 30.7 Å². The predicted octanol–water partition coefficient (Wildman–Crippen LogP) is 3.62. The third-order valence-electron chi connectivity index (χ3n) is 5.78. The van der Waals surface area contributed by atoms with E-state index in [4.69, 9.17) is 25.2 Å². The van der Waals surface area contributed by atoms with E-state index in [9.17, 15) is 13.6 Å². The molecule has 0 aliphatic carbocycles. The summed E-state index contributed by atoms with van der Waals surface area (Å²) in [7, 11) is 6.64. The van der Waals surface area contributed by atoms with Crippen LogP contribution in [0.4, 0.5) is 28.7 Å². The van der Waals surface area contributed by atoms with Gasteiger partial charge in [-0.05, 0) is 43.9 Å². The number of anilines is 5. The number of likely N-dealkylation sites (N-methyl/N-ethyl adjacent to an activating group) is 1. The van der Waals surface area contributed by atoms with Crippen molar-refractivity contribution < 1.29 is 23.0 Å². The molecule has 0 bridgehead atoms. The van der Waals surface area contributed by atoms with Crippen molar-refractivity contribution in [1.82, 2.24) is 14.9 Å². The number of para-hydroxylation sites is 2. The molecule has 0 saturated heterocycles. The number of nitrogens with one attached hydrogen (secondary N) is 2. The third kappa shape index (κ3) is 6.63. The van der Waals surface area contributed by atoms with Crippen LogP contribution >= 0.6 is 0 Å². The normalized spacial score (nSPS) is 11.8. The van der Waals surface area contributed by atoms with Gasteiger partial charge in [-0.3, -0.25) is 9.35 Å².